The van der Waals surface area contributed by atoms with Gasteiger partial charge in [0.15, 0.2) is 0 Å². The van der Waals surface area contributed by atoms with Crippen molar-refractivity contribution in [2.24, 2.45) is 5.73 Å². The molecule has 0 heterocycles. The molecule has 0 bridgehead atoms. The maximum absolute atomic E-state index is 5.94. The lowest BCUT2D eigenvalue weighted by atomic mass is 9.87. The SMILES string of the molecule is C#CC(C)NC(CC)(CN)Cc1ccccc1. The van der Waals surface area contributed by atoms with Gasteiger partial charge in [0.05, 0.1) is 6.04 Å². The highest BCUT2D eigenvalue weighted by atomic mass is 15.0. The number of terminal acetylenes is 1. The number of nitrogens with one attached hydrogen (secondary N) is 1. The van der Waals surface area contributed by atoms with E-state index in [1.807, 2.05) is 13.0 Å². The summed E-state index contributed by atoms with van der Waals surface area (Å²) in [6.07, 6.45) is 7.30. The Bertz CT molecular complexity index is 360. The van der Waals surface area contributed by atoms with Crippen LogP contribution >= 0.6 is 0 Å². The van der Waals surface area contributed by atoms with E-state index in [0.29, 0.717) is 6.54 Å². The van der Waals surface area contributed by atoms with E-state index in [9.17, 15) is 0 Å². The third kappa shape index (κ3) is 3.89. The Labute approximate surface area is 105 Å². The first-order valence-electron chi connectivity index (χ1n) is 6.13. The van der Waals surface area contributed by atoms with Gasteiger partial charge < -0.3 is 5.73 Å². The molecule has 2 unspecified atom stereocenters. The molecule has 2 atom stereocenters. The quantitative estimate of drug-likeness (QED) is 0.733. The molecule has 2 heteroatoms. The van der Waals surface area contributed by atoms with E-state index in [0.717, 1.165) is 12.8 Å². The maximum atomic E-state index is 5.94. The zero-order chi connectivity index (χ0) is 12.7. The van der Waals surface area contributed by atoms with Crippen molar-refractivity contribution in [2.75, 3.05) is 6.54 Å². The van der Waals surface area contributed by atoms with Crippen LogP contribution in [0.4, 0.5) is 0 Å². The zero-order valence-electron chi connectivity index (χ0n) is 10.7. The molecular formula is C15H22N2. The molecule has 17 heavy (non-hydrogen) atoms. The molecule has 92 valence electrons. The molecule has 0 saturated heterocycles. The first kappa shape index (κ1) is 13.8. The van der Waals surface area contributed by atoms with Crippen molar-refractivity contribution >= 4 is 0 Å². The van der Waals surface area contributed by atoms with Crippen molar-refractivity contribution in [1.82, 2.24) is 5.32 Å². The van der Waals surface area contributed by atoms with Crippen LogP contribution in [-0.2, 0) is 6.42 Å². The Morgan fingerprint density at radius 2 is 2.06 bits per heavy atom. The molecule has 1 rings (SSSR count). The molecule has 2 nitrogen and oxygen atoms in total. The molecule has 0 saturated carbocycles. The molecule has 3 N–H and O–H groups in total. The number of hydrogen-bond acceptors (Lipinski definition) is 2. The predicted molar refractivity (Wildman–Crippen MR) is 73.7 cm³/mol. The summed E-state index contributed by atoms with van der Waals surface area (Å²) in [5.41, 5.74) is 7.12. The largest absolute Gasteiger partial charge is 0.329 e. The highest BCUT2D eigenvalue weighted by molar-refractivity contribution is 5.19. The van der Waals surface area contributed by atoms with Crippen LogP contribution in [0.2, 0.25) is 0 Å². The lowest BCUT2D eigenvalue weighted by molar-refractivity contribution is 0.307. The summed E-state index contributed by atoms with van der Waals surface area (Å²) in [4.78, 5) is 0. The Hall–Kier alpha value is -1.30. The molecule has 1 aromatic carbocycles. The summed E-state index contributed by atoms with van der Waals surface area (Å²) >= 11 is 0. The first-order chi connectivity index (χ1) is 8.15. The summed E-state index contributed by atoms with van der Waals surface area (Å²) in [6, 6.07) is 10.4. The second-order valence-electron chi connectivity index (χ2n) is 4.53. The summed E-state index contributed by atoms with van der Waals surface area (Å²) in [5, 5.41) is 3.47. The smallest absolute Gasteiger partial charge is 0.0663 e. The third-order valence-corrected chi connectivity index (χ3v) is 3.23. The molecule has 0 amide bonds. The first-order valence-corrected chi connectivity index (χ1v) is 6.13. The number of hydrogen-bond donors (Lipinski definition) is 2. The van der Waals surface area contributed by atoms with Crippen LogP contribution in [0.25, 0.3) is 0 Å². The van der Waals surface area contributed by atoms with E-state index in [1.165, 1.54) is 5.56 Å². The Morgan fingerprint density at radius 3 is 2.53 bits per heavy atom. The van der Waals surface area contributed by atoms with Gasteiger partial charge in [0.1, 0.15) is 0 Å². The van der Waals surface area contributed by atoms with Gasteiger partial charge in [-0.25, -0.2) is 0 Å². The molecule has 0 fully saturated rings. The van der Waals surface area contributed by atoms with E-state index in [-0.39, 0.29) is 11.6 Å². The average molecular weight is 230 g/mol. The van der Waals surface area contributed by atoms with Gasteiger partial charge in [0.25, 0.3) is 0 Å². The fourth-order valence-corrected chi connectivity index (χ4v) is 2.04. The minimum Gasteiger partial charge on any atom is -0.329 e. The highest BCUT2D eigenvalue weighted by Gasteiger charge is 2.27. The fourth-order valence-electron chi connectivity index (χ4n) is 2.04. The molecule has 0 aliphatic carbocycles. The van der Waals surface area contributed by atoms with Crippen molar-refractivity contribution in [3.8, 4) is 12.3 Å². The van der Waals surface area contributed by atoms with Crippen LogP contribution in [0.1, 0.15) is 25.8 Å². The van der Waals surface area contributed by atoms with Crippen molar-refractivity contribution in [3.05, 3.63) is 35.9 Å². The second kappa shape index (κ2) is 6.44. The Kier molecular flexibility index (Phi) is 5.21. The van der Waals surface area contributed by atoms with Crippen LogP contribution in [0, 0.1) is 12.3 Å². The monoisotopic (exact) mass is 230 g/mol. The van der Waals surface area contributed by atoms with E-state index in [2.05, 4.69) is 42.4 Å². The molecule has 0 aliphatic heterocycles. The number of rotatable bonds is 6. The number of nitrogens with two attached hydrogens (primary N) is 1. The van der Waals surface area contributed by atoms with Gasteiger partial charge in [0, 0.05) is 12.1 Å². The summed E-state index contributed by atoms with van der Waals surface area (Å²) in [7, 11) is 0. The van der Waals surface area contributed by atoms with E-state index < -0.39 is 0 Å². The fraction of sp³-hybridized carbons (Fsp3) is 0.467. The van der Waals surface area contributed by atoms with Crippen molar-refractivity contribution in [1.29, 1.82) is 0 Å². The van der Waals surface area contributed by atoms with Gasteiger partial charge in [-0.2, -0.15) is 0 Å². The Balaban J connectivity index is 2.82. The minimum atomic E-state index is -0.104. The lowest BCUT2D eigenvalue weighted by Crippen LogP contribution is -2.55. The molecule has 1 aromatic rings. The van der Waals surface area contributed by atoms with Gasteiger partial charge >= 0.3 is 0 Å². The highest BCUT2D eigenvalue weighted by Crippen LogP contribution is 2.17. The van der Waals surface area contributed by atoms with Crippen LogP contribution < -0.4 is 11.1 Å². The molecule has 0 aromatic heterocycles. The average Bonchev–Trinajstić information content (AvgIpc) is 2.39. The summed E-state index contributed by atoms with van der Waals surface area (Å²) in [5.74, 6) is 2.71. The second-order valence-corrected chi connectivity index (χ2v) is 4.53. The van der Waals surface area contributed by atoms with Gasteiger partial charge in [-0.3, -0.25) is 5.32 Å². The third-order valence-electron chi connectivity index (χ3n) is 3.23. The van der Waals surface area contributed by atoms with Crippen molar-refractivity contribution in [3.63, 3.8) is 0 Å². The summed E-state index contributed by atoms with van der Waals surface area (Å²) in [6.45, 7) is 4.72. The van der Waals surface area contributed by atoms with E-state index in [4.69, 9.17) is 12.2 Å². The maximum Gasteiger partial charge on any atom is 0.0663 e. The summed E-state index contributed by atoms with van der Waals surface area (Å²) < 4.78 is 0. The molecule has 0 spiro atoms. The normalized spacial score (nSPS) is 15.9. The van der Waals surface area contributed by atoms with E-state index >= 15 is 0 Å². The van der Waals surface area contributed by atoms with Gasteiger partial charge in [-0.15, -0.1) is 6.42 Å². The standard InChI is InChI=1S/C15H22N2/c1-4-13(3)17-15(5-2,12-16)11-14-9-7-6-8-10-14/h1,6-10,13,17H,5,11-12,16H2,2-3H3. The van der Waals surface area contributed by atoms with Gasteiger partial charge in [0.2, 0.25) is 0 Å². The molecule has 0 aliphatic rings. The van der Waals surface area contributed by atoms with Crippen LogP contribution in [0.5, 0.6) is 0 Å². The van der Waals surface area contributed by atoms with Crippen LogP contribution in [0.3, 0.4) is 0 Å². The minimum absolute atomic E-state index is 0.0437. The van der Waals surface area contributed by atoms with E-state index in [1.54, 1.807) is 0 Å². The zero-order valence-corrected chi connectivity index (χ0v) is 10.7. The topological polar surface area (TPSA) is 38.0 Å². The van der Waals surface area contributed by atoms with Gasteiger partial charge in [-0.05, 0) is 25.3 Å². The van der Waals surface area contributed by atoms with Crippen molar-refractivity contribution in [2.45, 2.75) is 38.3 Å². The number of benzene rings is 1. The predicted octanol–water partition coefficient (Wildman–Crippen LogP) is 1.95. The van der Waals surface area contributed by atoms with Crippen molar-refractivity contribution < 1.29 is 0 Å². The lowest BCUT2D eigenvalue weighted by Gasteiger charge is -2.34. The Morgan fingerprint density at radius 1 is 1.41 bits per heavy atom. The van der Waals surface area contributed by atoms with Gasteiger partial charge in [-0.1, -0.05) is 43.2 Å². The van der Waals surface area contributed by atoms with Crippen LogP contribution in [0.15, 0.2) is 30.3 Å². The molecule has 0 radical (unpaired) electrons. The molecular weight excluding hydrogens is 208 g/mol. The van der Waals surface area contributed by atoms with Crippen LogP contribution in [-0.4, -0.2) is 18.1 Å².